The fourth-order valence-corrected chi connectivity index (χ4v) is 2.65. The molecule has 3 rings (SSSR count). The quantitative estimate of drug-likeness (QED) is 0.435. The molecule has 0 aliphatic carbocycles. The lowest BCUT2D eigenvalue weighted by molar-refractivity contribution is -0.112. The number of nitriles is 1. The average Bonchev–Trinajstić information content (AvgIpc) is 3.11. The summed E-state index contributed by atoms with van der Waals surface area (Å²) < 4.78 is 19.4. The molecule has 1 N–H and O–H groups in total. The summed E-state index contributed by atoms with van der Waals surface area (Å²) in [5.41, 5.74) is 0.355. The Morgan fingerprint density at radius 1 is 1.15 bits per heavy atom. The van der Waals surface area contributed by atoms with Crippen molar-refractivity contribution >= 4 is 40.9 Å². The zero-order chi connectivity index (χ0) is 19.4. The number of halogens is 3. The summed E-state index contributed by atoms with van der Waals surface area (Å²) in [6.45, 7) is 0. The standard InChI is InChI=1S/C20H11Cl2FN2O2/c21-13-5-7-16(22)18(10-13)25-20(26)12(11-24)9-14-6-8-19(27-14)15-3-1-2-4-17(15)23/h1-10H,(H,25,26)/b12-9+. The molecular formula is C20H11Cl2FN2O2. The highest BCUT2D eigenvalue weighted by atomic mass is 35.5. The molecule has 0 atom stereocenters. The predicted molar refractivity (Wildman–Crippen MR) is 103 cm³/mol. The first-order valence-corrected chi connectivity index (χ1v) is 8.46. The molecule has 0 fully saturated rings. The number of anilines is 1. The number of amides is 1. The molecular weight excluding hydrogens is 390 g/mol. The molecule has 0 unspecified atom stereocenters. The largest absolute Gasteiger partial charge is 0.457 e. The highest BCUT2D eigenvalue weighted by Crippen LogP contribution is 2.27. The summed E-state index contributed by atoms with van der Waals surface area (Å²) >= 11 is 11.9. The Bertz CT molecular complexity index is 1080. The van der Waals surface area contributed by atoms with E-state index in [-0.39, 0.29) is 33.4 Å². The van der Waals surface area contributed by atoms with E-state index >= 15 is 0 Å². The summed E-state index contributed by atoms with van der Waals surface area (Å²) in [6, 6.07) is 15.6. The lowest BCUT2D eigenvalue weighted by Crippen LogP contribution is -2.13. The van der Waals surface area contributed by atoms with Gasteiger partial charge < -0.3 is 9.73 Å². The van der Waals surface area contributed by atoms with Gasteiger partial charge in [0.25, 0.3) is 5.91 Å². The maximum absolute atomic E-state index is 13.8. The fraction of sp³-hybridized carbons (Fsp3) is 0. The van der Waals surface area contributed by atoms with Crippen molar-refractivity contribution in [3.05, 3.63) is 81.8 Å². The van der Waals surface area contributed by atoms with Crippen molar-refractivity contribution in [3.8, 4) is 17.4 Å². The number of furan rings is 1. The third-order valence-electron chi connectivity index (χ3n) is 3.59. The maximum atomic E-state index is 13.8. The van der Waals surface area contributed by atoms with E-state index in [2.05, 4.69) is 5.32 Å². The molecule has 2 aromatic carbocycles. The van der Waals surface area contributed by atoms with Crippen LogP contribution in [0.1, 0.15) is 5.76 Å². The summed E-state index contributed by atoms with van der Waals surface area (Å²) in [5, 5.41) is 12.5. The number of hydrogen-bond acceptors (Lipinski definition) is 3. The third-order valence-corrected chi connectivity index (χ3v) is 4.16. The normalized spacial score (nSPS) is 11.1. The first kappa shape index (κ1) is 18.7. The second-order valence-corrected chi connectivity index (χ2v) is 6.27. The molecule has 3 aromatic rings. The lowest BCUT2D eigenvalue weighted by atomic mass is 10.1. The SMILES string of the molecule is N#C/C(=C\c1ccc(-c2ccccc2F)o1)C(=O)Nc1cc(Cl)ccc1Cl. The van der Waals surface area contributed by atoms with Crippen molar-refractivity contribution in [3.63, 3.8) is 0 Å². The summed E-state index contributed by atoms with van der Waals surface area (Å²) in [7, 11) is 0. The van der Waals surface area contributed by atoms with Gasteiger partial charge in [-0.1, -0.05) is 35.3 Å². The molecule has 0 aliphatic rings. The monoisotopic (exact) mass is 400 g/mol. The van der Waals surface area contributed by atoms with Crippen LogP contribution in [0.15, 0.2) is 64.6 Å². The molecule has 0 radical (unpaired) electrons. The molecule has 0 aliphatic heterocycles. The van der Waals surface area contributed by atoms with E-state index in [1.807, 2.05) is 0 Å². The fourth-order valence-electron chi connectivity index (χ4n) is 2.31. The minimum absolute atomic E-state index is 0.208. The van der Waals surface area contributed by atoms with Gasteiger partial charge in [0.15, 0.2) is 0 Å². The van der Waals surface area contributed by atoms with Crippen molar-refractivity contribution in [2.24, 2.45) is 0 Å². The minimum atomic E-state index is -0.675. The van der Waals surface area contributed by atoms with Gasteiger partial charge in [-0.2, -0.15) is 5.26 Å². The Morgan fingerprint density at radius 3 is 2.67 bits per heavy atom. The van der Waals surface area contributed by atoms with E-state index in [1.54, 1.807) is 42.5 Å². The molecule has 1 aromatic heterocycles. The number of carbonyl (C=O) groups is 1. The number of carbonyl (C=O) groups excluding carboxylic acids is 1. The highest BCUT2D eigenvalue weighted by Gasteiger charge is 2.14. The molecule has 0 spiro atoms. The van der Waals surface area contributed by atoms with Gasteiger partial charge in [-0.05, 0) is 42.5 Å². The van der Waals surface area contributed by atoms with E-state index in [0.29, 0.717) is 5.02 Å². The first-order valence-electron chi connectivity index (χ1n) is 7.71. The smallest absolute Gasteiger partial charge is 0.266 e. The molecule has 0 saturated heterocycles. The first-order chi connectivity index (χ1) is 13.0. The van der Waals surface area contributed by atoms with Crippen LogP contribution in [0.5, 0.6) is 0 Å². The third kappa shape index (κ3) is 4.37. The summed E-state index contributed by atoms with van der Waals surface area (Å²) in [4.78, 5) is 12.3. The minimum Gasteiger partial charge on any atom is -0.457 e. The van der Waals surface area contributed by atoms with Gasteiger partial charge in [-0.15, -0.1) is 0 Å². The van der Waals surface area contributed by atoms with Crippen LogP contribution in [-0.2, 0) is 4.79 Å². The van der Waals surface area contributed by atoms with Crippen molar-refractivity contribution < 1.29 is 13.6 Å². The Balaban J connectivity index is 1.84. The number of nitrogens with one attached hydrogen (secondary N) is 1. The van der Waals surface area contributed by atoms with Crippen LogP contribution in [-0.4, -0.2) is 5.91 Å². The van der Waals surface area contributed by atoms with Crippen LogP contribution in [0.3, 0.4) is 0 Å². The van der Waals surface area contributed by atoms with E-state index in [4.69, 9.17) is 27.6 Å². The van der Waals surface area contributed by atoms with Crippen LogP contribution in [0.2, 0.25) is 10.0 Å². The number of rotatable bonds is 4. The van der Waals surface area contributed by atoms with Crippen molar-refractivity contribution in [1.29, 1.82) is 5.26 Å². The average molecular weight is 401 g/mol. The summed E-state index contributed by atoms with van der Waals surface area (Å²) in [5.74, 6) is -0.589. The van der Waals surface area contributed by atoms with Gasteiger partial charge in [0.05, 0.1) is 16.3 Å². The molecule has 1 heterocycles. The van der Waals surface area contributed by atoms with Crippen LogP contribution in [0.4, 0.5) is 10.1 Å². The zero-order valence-electron chi connectivity index (χ0n) is 13.7. The van der Waals surface area contributed by atoms with Crippen LogP contribution < -0.4 is 5.32 Å². The van der Waals surface area contributed by atoms with Gasteiger partial charge >= 0.3 is 0 Å². The van der Waals surface area contributed by atoms with E-state index < -0.39 is 11.7 Å². The van der Waals surface area contributed by atoms with E-state index in [9.17, 15) is 14.4 Å². The van der Waals surface area contributed by atoms with E-state index in [1.165, 1.54) is 24.3 Å². The predicted octanol–water partition coefficient (Wildman–Crippen LogP) is 5.94. The van der Waals surface area contributed by atoms with Gasteiger partial charge in [-0.3, -0.25) is 4.79 Å². The molecule has 1 amide bonds. The van der Waals surface area contributed by atoms with Gasteiger partial charge in [0.2, 0.25) is 0 Å². The van der Waals surface area contributed by atoms with Crippen molar-refractivity contribution in [2.75, 3.05) is 5.32 Å². The topological polar surface area (TPSA) is 66.0 Å². The second kappa shape index (κ2) is 8.09. The number of hydrogen-bond donors (Lipinski definition) is 1. The van der Waals surface area contributed by atoms with Crippen LogP contribution in [0, 0.1) is 17.1 Å². The molecule has 0 saturated carbocycles. The van der Waals surface area contributed by atoms with Crippen molar-refractivity contribution in [2.45, 2.75) is 0 Å². The number of benzene rings is 2. The number of nitrogens with zero attached hydrogens (tertiary/aromatic N) is 1. The highest BCUT2D eigenvalue weighted by molar-refractivity contribution is 6.36. The Kier molecular flexibility index (Phi) is 5.60. The van der Waals surface area contributed by atoms with Gasteiger partial charge in [0, 0.05) is 11.1 Å². The Morgan fingerprint density at radius 2 is 1.93 bits per heavy atom. The van der Waals surface area contributed by atoms with Crippen LogP contribution >= 0.6 is 23.2 Å². The summed E-state index contributed by atoms with van der Waals surface area (Å²) in [6.07, 6.45) is 1.26. The van der Waals surface area contributed by atoms with Gasteiger partial charge in [0.1, 0.15) is 29.0 Å². The second-order valence-electron chi connectivity index (χ2n) is 5.43. The molecule has 134 valence electrons. The Hall–Kier alpha value is -3.07. The Labute approximate surface area is 164 Å². The van der Waals surface area contributed by atoms with Crippen LogP contribution in [0.25, 0.3) is 17.4 Å². The van der Waals surface area contributed by atoms with Crippen molar-refractivity contribution in [1.82, 2.24) is 0 Å². The van der Waals surface area contributed by atoms with Gasteiger partial charge in [-0.25, -0.2) is 4.39 Å². The molecule has 0 bridgehead atoms. The molecule has 7 heteroatoms. The molecule has 27 heavy (non-hydrogen) atoms. The zero-order valence-corrected chi connectivity index (χ0v) is 15.2. The lowest BCUT2D eigenvalue weighted by Gasteiger charge is -2.06. The van der Waals surface area contributed by atoms with E-state index in [0.717, 1.165) is 0 Å². The maximum Gasteiger partial charge on any atom is 0.266 e. The molecule has 4 nitrogen and oxygen atoms in total.